The van der Waals surface area contributed by atoms with Crippen LogP contribution in [0.4, 0.5) is 5.69 Å². The predicted molar refractivity (Wildman–Crippen MR) is 98.6 cm³/mol. The van der Waals surface area contributed by atoms with Gasteiger partial charge in [0.1, 0.15) is 15.5 Å². The van der Waals surface area contributed by atoms with Crippen LogP contribution in [-0.2, 0) is 4.79 Å². The van der Waals surface area contributed by atoms with Gasteiger partial charge in [-0.15, -0.1) is 23.2 Å². The maximum absolute atomic E-state index is 12.1. The van der Waals surface area contributed by atoms with Crippen LogP contribution >= 0.6 is 34.8 Å². The Bertz CT molecular complexity index is 818. The highest BCUT2D eigenvalue weighted by molar-refractivity contribution is 6.53. The number of nitrogens with one attached hydrogen (secondary N) is 1. The standard InChI is InChI=1S/C18H14Cl3NO3/c1-17(10-18(17,20)21)16(24)25-14-8-6-13(7-9-14)22-15(23)11-2-4-12(19)5-3-11/h2-9H,10H2,1H3,(H,22,23). The van der Waals surface area contributed by atoms with Crippen molar-refractivity contribution in [3.05, 3.63) is 59.1 Å². The van der Waals surface area contributed by atoms with Gasteiger partial charge in [-0.3, -0.25) is 9.59 Å². The fraction of sp³-hybridized carbons (Fsp3) is 0.222. The van der Waals surface area contributed by atoms with E-state index >= 15 is 0 Å². The molecular formula is C18H14Cl3NO3. The minimum absolute atomic E-state index is 0.263. The zero-order valence-corrected chi connectivity index (χ0v) is 15.5. The summed E-state index contributed by atoms with van der Waals surface area (Å²) in [7, 11) is 0. The zero-order chi connectivity index (χ0) is 18.2. The molecule has 3 rings (SSSR count). The molecule has 1 fully saturated rings. The molecule has 0 heterocycles. The van der Waals surface area contributed by atoms with Crippen molar-refractivity contribution in [2.24, 2.45) is 5.41 Å². The summed E-state index contributed by atoms with van der Waals surface area (Å²) in [5.74, 6) is -0.386. The molecule has 1 amide bonds. The molecule has 0 saturated heterocycles. The van der Waals surface area contributed by atoms with E-state index in [1.54, 1.807) is 55.5 Å². The van der Waals surface area contributed by atoms with Crippen molar-refractivity contribution in [3.63, 3.8) is 0 Å². The number of rotatable bonds is 4. The summed E-state index contributed by atoms with van der Waals surface area (Å²) in [6.45, 7) is 1.66. The fourth-order valence-electron chi connectivity index (χ4n) is 2.25. The number of hydrogen-bond acceptors (Lipinski definition) is 3. The van der Waals surface area contributed by atoms with Gasteiger partial charge in [-0.2, -0.15) is 0 Å². The largest absolute Gasteiger partial charge is 0.426 e. The van der Waals surface area contributed by atoms with Crippen LogP contribution in [0, 0.1) is 5.41 Å². The van der Waals surface area contributed by atoms with Crippen molar-refractivity contribution < 1.29 is 14.3 Å². The molecule has 2 aromatic rings. The Kier molecular flexibility index (Phi) is 4.71. The van der Waals surface area contributed by atoms with Crippen LogP contribution in [0.15, 0.2) is 48.5 Å². The summed E-state index contributed by atoms with van der Waals surface area (Å²) < 4.78 is 4.23. The Balaban J connectivity index is 1.62. The van der Waals surface area contributed by atoms with Crippen molar-refractivity contribution in [2.45, 2.75) is 17.7 Å². The Morgan fingerprint density at radius 3 is 2.12 bits per heavy atom. The first-order valence-electron chi connectivity index (χ1n) is 7.48. The first-order chi connectivity index (χ1) is 11.7. The number of carbonyl (C=O) groups is 2. The molecule has 1 unspecified atom stereocenters. The molecule has 1 N–H and O–H groups in total. The van der Waals surface area contributed by atoms with Gasteiger partial charge in [0.15, 0.2) is 0 Å². The van der Waals surface area contributed by atoms with Gasteiger partial charge in [-0.1, -0.05) is 11.6 Å². The van der Waals surface area contributed by atoms with E-state index in [9.17, 15) is 9.59 Å². The second-order valence-electron chi connectivity index (χ2n) is 6.09. The van der Waals surface area contributed by atoms with Gasteiger partial charge >= 0.3 is 5.97 Å². The van der Waals surface area contributed by atoms with E-state index < -0.39 is 15.7 Å². The number of alkyl halides is 2. The second-order valence-corrected chi connectivity index (χ2v) is 8.01. The third-order valence-corrected chi connectivity index (χ3v) is 5.49. The fourth-order valence-corrected chi connectivity index (χ4v) is 3.07. The van der Waals surface area contributed by atoms with Crippen molar-refractivity contribution in [1.29, 1.82) is 0 Å². The molecule has 0 aromatic heterocycles. The van der Waals surface area contributed by atoms with E-state index in [0.29, 0.717) is 28.4 Å². The van der Waals surface area contributed by atoms with Crippen molar-refractivity contribution in [3.8, 4) is 5.75 Å². The lowest BCUT2D eigenvalue weighted by molar-refractivity contribution is -0.139. The minimum atomic E-state index is -1.07. The topological polar surface area (TPSA) is 55.4 Å². The van der Waals surface area contributed by atoms with Crippen LogP contribution in [0.1, 0.15) is 23.7 Å². The van der Waals surface area contributed by atoms with Gasteiger partial charge in [-0.25, -0.2) is 0 Å². The van der Waals surface area contributed by atoms with Gasteiger partial charge in [0, 0.05) is 22.7 Å². The summed E-state index contributed by atoms with van der Waals surface area (Å²) in [4.78, 5) is 24.2. The average Bonchev–Trinajstić information content (AvgIpc) is 3.09. The van der Waals surface area contributed by atoms with E-state index in [4.69, 9.17) is 39.5 Å². The number of amides is 1. The van der Waals surface area contributed by atoms with Gasteiger partial charge in [0.05, 0.1) is 0 Å². The molecule has 130 valence electrons. The van der Waals surface area contributed by atoms with Crippen molar-refractivity contribution >= 4 is 52.4 Å². The lowest BCUT2D eigenvalue weighted by Gasteiger charge is -2.12. The van der Waals surface area contributed by atoms with E-state index in [1.165, 1.54) is 0 Å². The number of benzene rings is 2. The molecule has 7 heteroatoms. The molecule has 4 nitrogen and oxygen atoms in total. The van der Waals surface area contributed by atoms with Crippen LogP contribution in [0.3, 0.4) is 0 Å². The van der Waals surface area contributed by atoms with E-state index in [-0.39, 0.29) is 5.91 Å². The van der Waals surface area contributed by atoms with Crippen molar-refractivity contribution in [1.82, 2.24) is 0 Å². The number of ether oxygens (including phenoxy) is 1. The van der Waals surface area contributed by atoms with E-state index in [2.05, 4.69) is 5.32 Å². The summed E-state index contributed by atoms with van der Waals surface area (Å²) in [6, 6.07) is 13.0. The molecule has 0 bridgehead atoms. The minimum Gasteiger partial charge on any atom is -0.426 e. The third-order valence-electron chi connectivity index (χ3n) is 4.14. The maximum Gasteiger partial charge on any atom is 0.320 e. The normalized spacial score (nSPS) is 20.6. The third kappa shape index (κ3) is 3.76. The van der Waals surface area contributed by atoms with Crippen LogP contribution in [0.2, 0.25) is 5.02 Å². The average molecular weight is 399 g/mol. The first kappa shape index (κ1) is 18.1. The Morgan fingerprint density at radius 1 is 1.04 bits per heavy atom. The maximum atomic E-state index is 12.1. The number of anilines is 1. The highest BCUT2D eigenvalue weighted by Crippen LogP contribution is 2.64. The van der Waals surface area contributed by atoms with Crippen molar-refractivity contribution in [2.75, 3.05) is 5.32 Å². The van der Waals surface area contributed by atoms with Crippen LogP contribution in [-0.4, -0.2) is 16.2 Å². The zero-order valence-electron chi connectivity index (χ0n) is 13.2. The van der Waals surface area contributed by atoms with Crippen LogP contribution in [0.25, 0.3) is 0 Å². The summed E-state index contributed by atoms with van der Waals surface area (Å²) in [5, 5.41) is 3.31. The molecular weight excluding hydrogens is 385 g/mol. The summed E-state index contributed by atoms with van der Waals surface area (Å²) in [5.41, 5.74) is 0.168. The number of carbonyl (C=O) groups excluding carboxylic acids is 2. The SMILES string of the molecule is CC1(C(=O)Oc2ccc(NC(=O)c3ccc(Cl)cc3)cc2)CC1(Cl)Cl. The van der Waals surface area contributed by atoms with Crippen LogP contribution in [0.5, 0.6) is 5.75 Å². The van der Waals surface area contributed by atoms with Gasteiger partial charge in [0.2, 0.25) is 0 Å². The number of esters is 1. The van der Waals surface area contributed by atoms with Gasteiger partial charge in [-0.05, 0) is 55.5 Å². The lowest BCUT2D eigenvalue weighted by atomic mass is 10.1. The smallest absolute Gasteiger partial charge is 0.320 e. The molecule has 1 aliphatic carbocycles. The molecule has 1 atom stereocenters. The highest BCUT2D eigenvalue weighted by atomic mass is 35.5. The van der Waals surface area contributed by atoms with Crippen LogP contribution < -0.4 is 10.1 Å². The Hall–Kier alpha value is -1.75. The van der Waals surface area contributed by atoms with E-state index in [0.717, 1.165) is 0 Å². The monoisotopic (exact) mass is 397 g/mol. The summed E-state index contributed by atoms with van der Waals surface area (Å²) in [6.07, 6.45) is 0.358. The molecule has 25 heavy (non-hydrogen) atoms. The summed E-state index contributed by atoms with van der Waals surface area (Å²) >= 11 is 17.7. The molecule has 2 aromatic carbocycles. The Labute approximate surface area is 160 Å². The molecule has 0 spiro atoms. The molecule has 0 radical (unpaired) electrons. The number of hydrogen-bond donors (Lipinski definition) is 1. The molecule has 1 saturated carbocycles. The Morgan fingerprint density at radius 2 is 1.60 bits per heavy atom. The van der Waals surface area contributed by atoms with E-state index in [1.807, 2.05) is 0 Å². The molecule has 0 aliphatic heterocycles. The predicted octanol–water partition coefficient (Wildman–Crippen LogP) is 5.08. The lowest BCUT2D eigenvalue weighted by Crippen LogP contribution is -2.23. The van der Waals surface area contributed by atoms with Gasteiger partial charge < -0.3 is 10.1 Å². The quantitative estimate of drug-likeness (QED) is 0.444. The van der Waals surface area contributed by atoms with Gasteiger partial charge in [0.25, 0.3) is 5.91 Å². The first-order valence-corrected chi connectivity index (χ1v) is 8.62. The molecule has 1 aliphatic rings. The second kappa shape index (κ2) is 6.52. The number of halogens is 3. The highest BCUT2D eigenvalue weighted by Gasteiger charge is 2.69.